The second-order valence-corrected chi connectivity index (χ2v) is 6.53. The molecular formula is C21H24N2O4. The van der Waals surface area contributed by atoms with Gasteiger partial charge in [-0.25, -0.2) is 0 Å². The van der Waals surface area contributed by atoms with Crippen LogP contribution in [0.1, 0.15) is 39.1 Å². The van der Waals surface area contributed by atoms with Crippen molar-refractivity contribution in [3.8, 4) is 5.75 Å². The van der Waals surface area contributed by atoms with Gasteiger partial charge in [0.1, 0.15) is 12.4 Å². The van der Waals surface area contributed by atoms with Crippen LogP contribution in [0, 0.1) is 6.92 Å². The minimum Gasteiger partial charge on any atom is -0.491 e. The average molecular weight is 368 g/mol. The number of hydrogen-bond acceptors (Lipinski definition) is 4. The Bertz CT molecular complexity index is 811. The number of amides is 2. The number of nitrogens with one attached hydrogen (secondary N) is 2. The Morgan fingerprint density at radius 3 is 2.52 bits per heavy atom. The highest BCUT2D eigenvalue weighted by molar-refractivity contribution is 6.05. The highest BCUT2D eigenvalue weighted by atomic mass is 16.5. The molecule has 0 radical (unpaired) electrons. The molecule has 1 saturated heterocycles. The summed E-state index contributed by atoms with van der Waals surface area (Å²) in [6, 6.07) is 12.2. The molecule has 1 aliphatic rings. The van der Waals surface area contributed by atoms with Crippen LogP contribution in [0.5, 0.6) is 5.75 Å². The van der Waals surface area contributed by atoms with E-state index < -0.39 is 0 Å². The summed E-state index contributed by atoms with van der Waals surface area (Å²) in [5.41, 5.74) is 2.51. The molecule has 27 heavy (non-hydrogen) atoms. The summed E-state index contributed by atoms with van der Waals surface area (Å²) in [7, 11) is 1.57. The predicted octanol–water partition coefficient (Wildman–Crippen LogP) is 3.16. The number of ether oxygens (including phenoxy) is 2. The molecule has 1 atom stereocenters. The Hall–Kier alpha value is -2.86. The molecule has 2 aromatic rings. The number of rotatable bonds is 6. The lowest BCUT2D eigenvalue weighted by Crippen LogP contribution is -2.19. The third-order valence-corrected chi connectivity index (χ3v) is 4.55. The predicted molar refractivity (Wildman–Crippen MR) is 103 cm³/mol. The lowest BCUT2D eigenvalue weighted by Gasteiger charge is -2.12. The zero-order chi connectivity index (χ0) is 19.2. The molecule has 6 nitrogen and oxygen atoms in total. The van der Waals surface area contributed by atoms with Crippen LogP contribution < -0.4 is 15.4 Å². The Labute approximate surface area is 158 Å². The smallest absolute Gasteiger partial charge is 0.255 e. The monoisotopic (exact) mass is 368 g/mol. The molecule has 2 aromatic carbocycles. The molecule has 0 bridgehead atoms. The maximum absolute atomic E-state index is 12.5. The number of carbonyl (C=O) groups excluding carboxylic acids is 2. The van der Waals surface area contributed by atoms with Gasteiger partial charge in [0, 0.05) is 30.5 Å². The zero-order valence-electron chi connectivity index (χ0n) is 15.6. The second-order valence-electron chi connectivity index (χ2n) is 6.53. The van der Waals surface area contributed by atoms with E-state index in [9.17, 15) is 9.59 Å². The first-order chi connectivity index (χ1) is 13.1. The fourth-order valence-electron chi connectivity index (χ4n) is 2.90. The normalized spacial score (nSPS) is 16.0. The van der Waals surface area contributed by atoms with E-state index in [1.165, 1.54) is 0 Å². The number of anilines is 1. The van der Waals surface area contributed by atoms with E-state index in [1.54, 1.807) is 43.4 Å². The molecule has 0 saturated carbocycles. The molecule has 3 rings (SSSR count). The molecule has 1 fully saturated rings. The number of carbonyl (C=O) groups is 2. The van der Waals surface area contributed by atoms with Crippen LogP contribution in [0.2, 0.25) is 0 Å². The lowest BCUT2D eigenvalue weighted by molar-refractivity contribution is 0.0679. The van der Waals surface area contributed by atoms with Crippen molar-refractivity contribution in [3.63, 3.8) is 0 Å². The average Bonchev–Trinajstić information content (AvgIpc) is 3.21. The van der Waals surface area contributed by atoms with Crippen LogP contribution in [0.4, 0.5) is 5.69 Å². The van der Waals surface area contributed by atoms with Gasteiger partial charge in [-0.1, -0.05) is 6.07 Å². The minimum atomic E-state index is -0.238. The first-order valence-corrected chi connectivity index (χ1v) is 9.05. The Kier molecular flexibility index (Phi) is 6.08. The van der Waals surface area contributed by atoms with Gasteiger partial charge in [-0.2, -0.15) is 0 Å². The molecule has 2 N–H and O–H groups in total. The van der Waals surface area contributed by atoms with Crippen molar-refractivity contribution in [2.24, 2.45) is 0 Å². The van der Waals surface area contributed by atoms with E-state index in [-0.39, 0.29) is 17.9 Å². The molecule has 1 unspecified atom stereocenters. The topological polar surface area (TPSA) is 76.7 Å². The molecule has 0 aromatic heterocycles. The summed E-state index contributed by atoms with van der Waals surface area (Å²) in [6.07, 6.45) is 2.26. The molecule has 0 aliphatic carbocycles. The van der Waals surface area contributed by atoms with Crippen molar-refractivity contribution < 1.29 is 19.1 Å². The maximum Gasteiger partial charge on any atom is 0.255 e. The summed E-state index contributed by atoms with van der Waals surface area (Å²) in [5.74, 6) is 0.274. The molecule has 2 amide bonds. The van der Waals surface area contributed by atoms with Crippen molar-refractivity contribution in [1.29, 1.82) is 0 Å². The van der Waals surface area contributed by atoms with Gasteiger partial charge in [0.15, 0.2) is 0 Å². The van der Waals surface area contributed by atoms with Crippen LogP contribution in [-0.2, 0) is 4.74 Å². The number of aryl methyl sites for hydroxylation is 1. The van der Waals surface area contributed by atoms with Gasteiger partial charge in [0.2, 0.25) is 0 Å². The van der Waals surface area contributed by atoms with E-state index in [2.05, 4.69) is 10.6 Å². The maximum atomic E-state index is 12.5. The first-order valence-electron chi connectivity index (χ1n) is 9.05. The van der Waals surface area contributed by atoms with Gasteiger partial charge in [0.25, 0.3) is 11.8 Å². The standard InChI is InChI=1S/C21H24N2O4/c1-14-5-6-16(20(24)22-2)12-19(14)23-21(25)15-7-9-17(10-8-15)27-13-18-4-3-11-26-18/h5-10,12,18H,3-4,11,13H2,1-2H3,(H,22,24)(H,23,25). The quantitative estimate of drug-likeness (QED) is 0.821. The largest absolute Gasteiger partial charge is 0.491 e. The van der Waals surface area contributed by atoms with E-state index in [4.69, 9.17) is 9.47 Å². The summed E-state index contributed by atoms with van der Waals surface area (Å²) in [5, 5.41) is 5.44. The van der Waals surface area contributed by atoms with Crippen LogP contribution in [0.25, 0.3) is 0 Å². The highest BCUT2D eigenvalue weighted by Gasteiger charge is 2.16. The Balaban J connectivity index is 1.63. The van der Waals surface area contributed by atoms with Crippen molar-refractivity contribution >= 4 is 17.5 Å². The van der Waals surface area contributed by atoms with Gasteiger partial charge in [-0.05, 0) is 61.7 Å². The summed E-state index contributed by atoms with van der Waals surface area (Å²) >= 11 is 0. The molecule has 1 aliphatic heterocycles. The van der Waals surface area contributed by atoms with Gasteiger partial charge in [-0.3, -0.25) is 9.59 Å². The zero-order valence-corrected chi connectivity index (χ0v) is 15.6. The Morgan fingerprint density at radius 1 is 1.11 bits per heavy atom. The van der Waals surface area contributed by atoms with Gasteiger partial charge >= 0.3 is 0 Å². The van der Waals surface area contributed by atoms with E-state index in [1.807, 2.05) is 13.0 Å². The highest BCUT2D eigenvalue weighted by Crippen LogP contribution is 2.20. The van der Waals surface area contributed by atoms with E-state index in [0.717, 1.165) is 25.0 Å². The summed E-state index contributed by atoms with van der Waals surface area (Å²) in [4.78, 5) is 24.3. The number of benzene rings is 2. The molecule has 0 spiro atoms. The van der Waals surface area contributed by atoms with E-state index >= 15 is 0 Å². The van der Waals surface area contributed by atoms with Crippen LogP contribution in [-0.4, -0.2) is 38.2 Å². The van der Waals surface area contributed by atoms with Gasteiger partial charge < -0.3 is 20.1 Å². The Morgan fingerprint density at radius 2 is 1.85 bits per heavy atom. The van der Waals surface area contributed by atoms with Crippen LogP contribution in [0.3, 0.4) is 0 Å². The fraction of sp³-hybridized carbons (Fsp3) is 0.333. The fourth-order valence-corrected chi connectivity index (χ4v) is 2.90. The van der Waals surface area contributed by atoms with Gasteiger partial charge in [-0.15, -0.1) is 0 Å². The third kappa shape index (κ3) is 4.86. The third-order valence-electron chi connectivity index (χ3n) is 4.55. The molecular weight excluding hydrogens is 344 g/mol. The van der Waals surface area contributed by atoms with Crippen molar-refractivity contribution in [2.75, 3.05) is 25.6 Å². The second kappa shape index (κ2) is 8.68. The van der Waals surface area contributed by atoms with Crippen molar-refractivity contribution in [3.05, 3.63) is 59.2 Å². The first kappa shape index (κ1) is 18.9. The van der Waals surface area contributed by atoms with Crippen molar-refractivity contribution in [2.45, 2.75) is 25.9 Å². The lowest BCUT2D eigenvalue weighted by atomic mass is 10.1. The van der Waals surface area contributed by atoms with Crippen LogP contribution >= 0.6 is 0 Å². The molecule has 142 valence electrons. The number of hydrogen-bond donors (Lipinski definition) is 2. The molecule has 6 heteroatoms. The van der Waals surface area contributed by atoms with Gasteiger partial charge in [0.05, 0.1) is 6.10 Å². The SMILES string of the molecule is CNC(=O)c1ccc(C)c(NC(=O)c2ccc(OCC3CCCO3)cc2)c1. The van der Waals surface area contributed by atoms with E-state index in [0.29, 0.717) is 29.2 Å². The summed E-state index contributed by atoms with van der Waals surface area (Å²) < 4.78 is 11.2. The minimum absolute atomic E-state index is 0.156. The molecule has 1 heterocycles. The van der Waals surface area contributed by atoms with Crippen molar-refractivity contribution in [1.82, 2.24) is 5.32 Å². The summed E-state index contributed by atoms with van der Waals surface area (Å²) in [6.45, 7) is 3.20. The van der Waals surface area contributed by atoms with Crippen LogP contribution in [0.15, 0.2) is 42.5 Å².